The van der Waals surface area contributed by atoms with Gasteiger partial charge in [0, 0.05) is 5.92 Å². The van der Waals surface area contributed by atoms with Gasteiger partial charge in [0.05, 0.1) is 0 Å². The molecule has 60 valence electrons. The van der Waals surface area contributed by atoms with Crippen molar-refractivity contribution in [3.05, 3.63) is 22.0 Å². The van der Waals surface area contributed by atoms with Gasteiger partial charge in [-0.05, 0) is 4.92 Å². The molecule has 1 rings (SSSR count). The lowest BCUT2D eigenvalue weighted by Gasteiger charge is -1.90. The van der Waals surface area contributed by atoms with Crippen molar-refractivity contribution >= 4 is 5.95 Å². The Kier molecular flexibility index (Phi) is 1.89. The van der Waals surface area contributed by atoms with E-state index in [1.54, 1.807) is 6.20 Å². The molecule has 0 aliphatic heterocycles. The quantitative estimate of drug-likeness (QED) is 0.518. The molecule has 0 aliphatic rings. The molecule has 1 heterocycles. The van der Waals surface area contributed by atoms with Gasteiger partial charge in [-0.3, -0.25) is 0 Å². The molecule has 0 amide bonds. The van der Waals surface area contributed by atoms with E-state index in [0.29, 0.717) is 0 Å². The molecule has 0 atom stereocenters. The summed E-state index contributed by atoms with van der Waals surface area (Å²) in [6.45, 7) is 3.86. The number of hydrogen-bond acceptors (Lipinski definition) is 3. The van der Waals surface area contributed by atoms with Crippen LogP contribution in [-0.2, 0) is 0 Å². The zero-order chi connectivity index (χ0) is 8.43. The largest absolute Gasteiger partial charge is 0.432 e. The van der Waals surface area contributed by atoms with Crippen molar-refractivity contribution in [2.75, 3.05) is 0 Å². The predicted molar refractivity (Wildman–Crippen MR) is 39.3 cm³/mol. The monoisotopic (exact) mass is 155 g/mol. The third kappa shape index (κ3) is 1.54. The van der Waals surface area contributed by atoms with Crippen molar-refractivity contribution in [1.82, 2.24) is 9.97 Å². The van der Waals surface area contributed by atoms with E-state index in [9.17, 15) is 10.1 Å². The second kappa shape index (κ2) is 2.69. The van der Waals surface area contributed by atoms with Gasteiger partial charge in [-0.15, -0.1) is 0 Å². The van der Waals surface area contributed by atoms with Crippen molar-refractivity contribution in [2.45, 2.75) is 19.8 Å². The molecule has 0 aromatic carbocycles. The van der Waals surface area contributed by atoms with Gasteiger partial charge in [0.1, 0.15) is 6.20 Å². The first-order chi connectivity index (χ1) is 5.11. The van der Waals surface area contributed by atoms with Gasteiger partial charge in [-0.1, -0.05) is 18.8 Å². The molecular formula is C6H9N3O2. The number of nitro groups is 1. The topological polar surface area (TPSA) is 71.8 Å². The molecule has 0 saturated heterocycles. The molecule has 1 aromatic heterocycles. The van der Waals surface area contributed by atoms with Gasteiger partial charge < -0.3 is 10.1 Å². The van der Waals surface area contributed by atoms with Crippen LogP contribution in [-0.4, -0.2) is 14.9 Å². The van der Waals surface area contributed by atoms with Crippen molar-refractivity contribution < 1.29 is 4.92 Å². The van der Waals surface area contributed by atoms with Gasteiger partial charge in [0.25, 0.3) is 0 Å². The highest BCUT2D eigenvalue weighted by molar-refractivity contribution is 5.13. The van der Waals surface area contributed by atoms with E-state index in [1.165, 1.54) is 0 Å². The maximum absolute atomic E-state index is 10.1. The summed E-state index contributed by atoms with van der Waals surface area (Å²) in [5.74, 6) is 0.0358. The van der Waals surface area contributed by atoms with E-state index >= 15 is 0 Å². The maximum Gasteiger partial charge on any atom is 0.432 e. The van der Waals surface area contributed by atoms with Crippen LogP contribution < -0.4 is 0 Å². The molecule has 0 spiro atoms. The van der Waals surface area contributed by atoms with Crippen LogP contribution in [0.1, 0.15) is 25.5 Å². The smallest absolute Gasteiger partial charge is 0.390 e. The standard InChI is InChI=1S/C6H9N3O2/c1-4(2)5-3-7-6(8-5)9(10)11/h3-4H,1-2H3,(H,7,8). The molecule has 0 aliphatic carbocycles. The number of aromatic amines is 1. The maximum atomic E-state index is 10.1. The van der Waals surface area contributed by atoms with Crippen molar-refractivity contribution in [3.63, 3.8) is 0 Å². The average molecular weight is 155 g/mol. The Balaban J connectivity index is 2.90. The molecule has 1 aromatic rings. The highest BCUT2D eigenvalue weighted by Crippen LogP contribution is 2.13. The molecular weight excluding hydrogens is 146 g/mol. The van der Waals surface area contributed by atoms with E-state index in [1.807, 2.05) is 13.8 Å². The normalized spacial score (nSPS) is 10.5. The third-order valence-corrected chi connectivity index (χ3v) is 1.35. The van der Waals surface area contributed by atoms with Gasteiger partial charge in [-0.25, -0.2) is 4.98 Å². The number of imidazole rings is 1. The minimum atomic E-state index is -0.536. The highest BCUT2D eigenvalue weighted by Gasteiger charge is 2.13. The van der Waals surface area contributed by atoms with Crippen molar-refractivity contribution in [2.24, 2.45) is 0 Å². The summed E-state index contributed by atoms with van der Waals surface area (Å²) >= 11 is 0. The summed E-state index contributed by atoms with van der Waals surface area (Å²) in [5.41, 5.74) is 0.719. The Morgan fingerprint density at radius 3 is 2.64 bits per heavy atom. The lowest BCUT2D eigenvalue weighted by molar-refractivity contribution is -0.393. The van der Waals surface area contributed by atoms with Gasteiger partial charge >= 0.3 is 5.95 Å². The summed E-state index contributed by atoms with van der Waals surface area (Å²) in [7, 11) is 0. The highest BCUT2D eigenvalue weighted by atomic mass is 16.6. The van der Waals surface area contributed by atoms with Crippen LogP contribution >= 0.6 is 0 Å². The zero-order valence-electron chi connectivity index (χ0n) is 6.37. The number of H-pyrrole nitrogens is 1. The number of aromatic nitrogens is 2. The summed E-state index contributed by atoms with van der Waals surface area (Å²) < 4.78 is 0. The Labute approximate surface area is 63.6 Å². The molecule has 5 nitrogen and oxygen atoms in total. The second-order valence-electron chi connectivity index (χ2n) is 2.56. The minimum absolute atomic E-state index is 0.186. The minimum Gasteiger partial charge on any atom is -0.390 e. The van der Waals surface area contributed by atoms with Crippen LogP contribution in [0.2, 0.25) is 0 Å². The number of rotatable bonds is 2. The van der Waals surface area contributed by atoms with Gasteiger partial charge in [-0.2, -0.15) is 0 Å². The van der Waals surface area contributed by atoms with E-state index in [0.717, 1.165) is 5.69 Å². The first-order valence-electron chi connectivity index (χ1n) is 3.31. The van der Waals surface area contributed by atoms with Gasteiger partial charge in [0.2, 0.25) is 0 Å². The molecule has 11 heavy (non-hydrogen) atoms. The molecule has 0 fully saturated rings. The third-order valence-electron chi connectivity index (χ3n) is 1.35. The summed E-state index contributed by atoms with van der Waals surface area (Å²) in [6, 6.07) is 0. The fourth-order valence-corrected chi connectivity index (χ4v) is 0.715. The molecule has 0 bridgehead atoms. The van der Waals surface area contributed by atoms with E-state index < -0.39 is 4.92 Å². The summed E-state index contributed by atoms with van der Waals surface area (Å²) in [6.07, 6.45) is 1.56. The van der Waals surface area contributed by atoms with Crippen molar-refractivity contribution in [1.29, 1.82) is 0 Å². The Morgan fingerprint density at radius 1 is 1.73 bits per heavy atom. The zero-order valence-corrected chi connectivity index (χ0v) is 6.37. The lowest BCUT2D eigenvalue weighted by Crippen LogP contribution is -1.91. The van der Waals surface area contributed by atoms with Crippen LogP contribution in [0, 0.1) is 10.1 Å². The van der Waals surface area contributed by atoms with Crippen LogP contribution in [0.15, 0.2) is 6.20 Å². The van der Waals surface area contributed by atoms with Gasteiger partial charge in [0.15, 0.2) is 5.69 Å². The Bertz CT molecular complexity index is 267. The van der Waals surface area contributed by atoms with Crippen LogP contribution in [0.5, 0.6) is 0 Å². The van der Waals surface area contributed by atoms with E-state index in [2.05, 4.69) is 9.97 Å². The number of hydrogen-bond donors (Lipinski definition) is 1. The summed E-state index contributed by atoms with van der Waals surface area (Å²) in [5, 5.41) is 10.1. The number of nitrogens with zero attached hydrogens (tertiary/aromatic N) is 2. The fourth-order valence-electron chi connectivity index (χ4n) is 0.715. The molecule has 0 unspecified atom stereocenters. The lowest BCUT2D eigenvalue weighted by atomic mass is 10.2. The van der Waals surface area contributed by atoms with Crippen LogP contribution in [0.3, 0.4) is 0 Å². The van der Waals surface area contributed by atoms with E-state index in [-0.39, 0.29) is 11.9 Å². The Morgan fingerprint density at radius 2 is 2.36 bits per heavy atom. The van der Waals surface area contributed by atoms with Crippen LogP contribution in [0.25, 0.3) is 0 Å². The first kappa shape index (κ1) is 7.71. The predicted octanol–water partition coefficient (Wildman–Crippen LogP) is 1.44. The first-order valence-corrected chi connectivity index (χ1v) is 3.31. The molecule has 5 heteroatoms. The van der Waals surface area contributed by atoms with Crippen molar-refractivity contribution in [3.8, 4) is 0 Å². The van der Waals surface area contributed by atoms with E-state index in [4.69, 9.17) is 0 Å². The molecule has 1 N–H and O–H groups in total. The fraction of sp³-hybridized carbons (Fsp3) is 0.500. The Hall–Kier alpha value is -1.39. The summed E-state index contributed by atoms with van der Waals surface area (Å²) in [4.78, 5) is 15.8. The number of nitrogens with one attached hydrogen (secondary N) is 1. The molecule has 0 saturated carbocycles. The molecule has 0 radical (unpaired) electrons. The second-order valence-corrected chi connectivity index (χ2v) is 2.56. The average Bonchev–Trinajstić information content (AvgIpc) is 2.33. The van der Waals surface area contributed by atoms with Crippen LogP contribution in [0.4, 0.5) is 5.95 Å². The SMILES string of the molecule is CC(C)c1c[nH]c([N+](=O)[O-])n1.